The number of nitrogens with one attached hydrogen (secondary N) is 3. The van der Waals surface area contributed by atoms with Crippen molar-refractivity contribution in [3.63, 3.8) is 0 Å². The third-order valence-electron chi connectivity index (χ3n) is 3.28. The fourth-order valence-corrected chi connectivity index (χ4v) is 2.81. The van der Waals surface area contributed by atoms with Gasteiger partial charge in [-0.25, -0.2) is 9.97 Å². The van der Waals surface area contributed by atoms with Gasteiger partial charge >= 0.3 is 6.18 Å². The van der Waals surface area contributed by atoms with Gasteiger partial charge in [0.05, 0.1) is 12.6 Å². The largest absolute Gasteiger partial charge is 0.433 e. The Morgan fingerprint density at radius 3 is 2.81 bits per heavy atom. The van der Waals surface area contributed by atoms with Gasteiger partial charge in [0.15, 0.2) is 5.96 Å². The molecule has 10 heteroatoms. The van der Waals surface area contributed by atoms with Crippen LogP contribution in [0.4, 0.5) is 19.1 Å². The van der Waals surface area contributed by atoms with E-state index in [0.29, 0.717) is 25.6 Å². The quantitative estimate of drug-likeness (QED) is 0.387. The van der Waals surface area contributed by atoms with Crippen LogP contribution in [0.1, 0.15) is 30.5 Å². The molecule has 0 fully saturated rings. The maximum absolute atomic E-state index is 12.6. The van der Waals surface area contributed by atoms with Crippen LogP contribution >= 0.6 is 11.3 Å². The molecule has 0 aliphatic rings. The molecule has 26 heavy (non-hydrogen) atoms. The predicted molar refractivity (Wildman–Crippen MR) is 97.4 cm³/mol. The Hall–Kier alpha value is -2.36. The Balaban J connectivity index is 1.88. The Morgan fingerprint density at radius 1 is 1.35 bits per heavy atom. The summed E-state index contributed by atoms with van der Waals surface area (Å²) in [5.41, 5.74) is -0.974. The molecule has 2 heterocycles. The Bertz CT molecular complexity index is 702. The third kappa shape index (κ3) is 6.17. The van der Waals surface area contributed by atoms with Gasteiger partial charge in [-0.05, 0) is 31.4 Å². The van der Waals surface area contributed by atoms with E-state index in [2.05, 4.69) is 30.9 Å². The number of alkyl halides is 3. The zero-order chi connectivity index (χ0) is 19.0. The van der Waals surface area contributed by atoms with E-state index in [0.717, 1.165) is 12.3 Å². The summed E-state index contributed by atoms with van der Waals surface area (Å²) in [5, 5.41) is 11.2. The monoisotopic (exact) mass is 386 g/mol. The molecule has 0 aliphatic heterocycles. The summed E-state index contributed by atoms with van der Waals surface area (Å²) >= 11 is 1.65. The van der Waals surface area contributed by atoms with Gasteiger partial charge < -0.3 is 16.0 Å². The van der Waals surface area contributed by atoms with Crippen LogP contribution in [0.2, 0.25) is 0 Å². The van der Waals surface area contributed by atoms with Gasteiger partial charge in [-0.2, -0.15) is 13.2 Å². The SMILES string of the molecule is CCNC(=NCCNc1nccc(C(F)(F)F)n1)NC(C)c1cccs1. The molecular formula is C16H21F3N6S. The van der Waals surface area contributed by atoms with Crippen LogP contribution < -0.4 is 16.0 Å². The lowest BCUT2D eigenvalue weighted by Crippen LogP contribution is -2.38. The van der Waals surface area contributed by atoms with E-state index in [1.807, 2.05) is 31.4 Å². The molecule has 142 valence electrons. The zero-order valence-corrected chi connectivity index (χ0v) is 15.3. The maximum Gasteiger partial charge on any atom is 0.433 e. The van der Waals surface area contributed by atoms with Crippen LogP contribution in [0.5, 0.6) is 0 Å². The highest BCUT2D eigenvalue weighted by atomic mass is 32.1. The number of halogens is 3. The van der Waals surface area contributed by atoms with Gasteiger partial charge in [0.25, 0.3) is 0 Å². The lowest BCUT2D eigenvalue weighted by atomic mass is 10.3. The first-order valence-corrected chi connectivity index (χ1v) is 9.00. The normalized spacial score (nSPS) is 13.3. The minimum absolute atomic E-state index is 0.0695. The molecule has 0 saturated heterocycles. The van der Waals surface area contributed by atoms with Crippen LogP contribution in [0.15, 0.2) is 34.8 Å². The molecule has 2 rings (SSSR count). The Labute approximate surface area is 154 Å². The number of anilines is 1. The van der Waals surface area contributed by atoms with Gasteiger partial charge in [0.2, 0.25) is 5.95 Å². The molecular weight excluding hydrogens is 365 g/mol. The summed E-state index contributed by atoms with van der Waals surface area (Å²) in [6.45, 7) is 5.36. The van der Waals surface area contributed by atoms with Crippen molar-refractivity contribution in [2.45, 2.75) is 26.1 Å². The molecule has 0 spiro atoms. The molecule has 0 amide bonds. The van der Waals surface area contributed by atoms with E-state index >= 15 is 0 Å². The molecule has 0 bridgehead atoms. The van der Waals surface area contributed by atoms with Gasteiger partial charge in [-0.3, -0.25) is 4.99 Å². The second-order valence-corrected chi connectivity index (χ2v) is 6.31. The van der Waals surface area contributed by atoms with Crippen molar-refractivity contribution in [3.8, 4) is 0 Å². The maximum atomic E-state index is 12.6. The highest BCUT2D eigenvalue weighted by Gasteiger charge is 2.32. The third-order valence-corrected chi connectivity index (χ3v) is 4.33. The first-order valence-electron chi connectivity index (χ1n) is 8.12. The summed E-state index contributed by atoms with van der Waals surface area (Å²) in [5.74, 6) is 0.570. The van der Waals surface area contributed by atoms with Crippen molar-refractivity contribution in [2.24, 2.45) is 4.99 Å². The number of hydrogen-bond acceptors (Lipinski definition) is 5. The van der Waals surface area contributed by atoms with Crippen molar-refractivity contribution in [3.05, 3.63) is 40.3 Å². The lowest BCUT2D eigenvalue weighted by Gasteiger charge is -2.16. The molecule has 2 aromatic heterocycles. The molecule has 1 atom stereocenters. The van der Waals surface area contributed by atoms with Gasteiger partial charge in [0, 0.05) is 24.2 Å². The van der Waals surface area contributed by atoms with Crippen LogP contribution in [0, 0.1) is 0 Å². The molecule has 3 N–H and O–H groups in total. The summed E-state index contributed by atoms with van der Waals surface area (Å²) in [7, 11) is 0. The number of hydrogen-bond donors (Lipinski definition) is 3. The first-order chi connectivity index (χ1) is 12.4. The van der Waals surface area contributed by atoms with Gasteiger partial charge in [-0.1, -0.05) is 6.07 Å². The lowest BCUT2D eigenvalue weighted by molar-refractivity contribution is -0.141. The number of nitrogens with zero attached hydrogens (tertiary/aromatic N) is 3. The Kier molecular flexibility index (Phi) is 7.19. The number of aromatic nitrogens is 2. The molecule has 0 aromatic carbocycles. The first kappa shape index (κ1) is 20.0. The highest BCUT2D eigenvalue weighted by molar-refractivity contribution is 7.10. The molecule has 0 saturated carbocycles. The van der Waals surface area contributed by atoms with E-state index in [1.165, 1.54) is 4.88 Å². The van der Waals surface area contributed by atoms with E-state index in [1.54, 1.807) is 11.3 Å². The van der Waals surface area contributed by atoms with Crippen LogP contribution in [-0.4, -0.2) is 35.6 Å². The summed E-state index contributed by atoms with van der Waals surface area (Å²) in [6, 6.07) is 4.97. The minimum Gasteiger partial charge on any atom is -0.357 e. The average molecular weight is 386 g/mol. The van der Waals surface area contributed by atoms with Crippen LogP contribution in [0.25, 0.3) is 0 Å². The van der Waals surface area contributed by atoms with Crippen molar-refractivity contribution in [1.82, 2.24) is 20.6 Å². The highest BCUT2D eigenvalue weighted by Crippen LogP contribution is 2.27. The average Bonchev–Trinajstić information content (AvgIpc) is 3.13. The smallest absolute Gasteiger partial charge is 0.357 e. The Morgan fingerprint density at radius 2 is 2.15 bits per heavy atom. The van der Waals surface area contributed by atoms with Crippen molar-refractivity contribution in [2.75, 3.05) is 25.0 Å². The van der Waals surface area contributed by atoms with Crippen molar-refractivity contribution >= 4 is 23.2 Å². The van der Waals surface area contributed by atoms with Crippen LogP contribution in [-0.2, 0) is 6.18 Å². The molecule has 0 radical (unpaired) electrons. The zero-order valence-electron chi connectivity index (χ0n) is 14.5. The van der Waals surface area contributed by atoms with Gasteiger partial charge in [-0.15, -0.1) is 11.3 Å². The van der Waals surface area contributed by atoms with E-state index in [-0.39, 0.29) is 12.0 Å². The molecule has 1 unspecified atom stereocenters. The number of guanidine groups is 1. The second-order valence-electron chi connectivity index (χ2n) is 5.33. The molecule has 2 aromatic rings. The minimum atomic E-state index is -4.49. The predicted octanol–water partition coefficient (Wildman–Crippen LogP) is 3.29. The summed E-state index contributed by atoms with van der Waals surface area (Å²) in [4.78, 5) is 12.8. The van der Waals surface area contributed by atoms with Gasteiger partial charge in [0.1, 0.15) is 5.69 Å². The number of thiophene rings is 1. The van der Waals surface area contributed by atoms with E-state index < -0.39 is 11.9 Å². The standard InChI is InChI=1S/C16H21F3N6S/c1-3-20-14(24-11(2)12-5-4-10-26-12)22-8-9-23-15-21-7-6-13(25-15)16(17,18)19/h4-7,10-11H,3,8-9H2,1-2H3,(H2,20,22,24)(H,21,23,25). The van der Waals surface area contributed by atoms with Crippen LogP contribution in [0.3, 0.4) is 0 Å². The summed E-state index contributed by atoms with van der Waals surface area (Å²) in [6.07, 6.45) is -3.41. The fraction of sp³-hybridized carbons (Fsp3) is 0.438. The number of aliphatic imine (C=N–C) groups is 1. The van der Waals surface area contributed by atoms with Crippen molar-refractivity contribution in [1.29, 1.82) is 0 Å². The molecule has 0 aliphatic carbocycles. The topological polar surface area (TPSA) is 74.2 Å². The fourth-order valence-electron chi connectivity index (χ4n) is 2.07. The second kappa shape index (κ2) is 9.37. The van der Waals surface area contributed by atoms with E-state index in [4.69, 9.17) is 0 Å². The molecule has 6 nitrogen and oxygen atoms in total. The van der Waals surface area contributed by atoms with Crippen molar-refractivity contribution < 1.29 is 13.2 Å². The number of rotatable bonds is 7. The van der Waals surface area contributed by atoms with E-state index in [9.17, 15) is 13.2 Å². The summed E-state index contributed by atoms with van der Waals surface area (Å²) < 4.78 is 37.9.